The number of benzene rings is 2. The van der Waals surface area contributed by atoms with Gasteiger partial charge < -0.3 is 14.6 Å². The number of hydrogen-bond acceptors (Lipinski definition) is 4. The number of carboxylic acid groups (broad SMARTS) is 1. The first kappa shape index (κ1) is 16.3. The van der Waals surface area contributed by atoms with E-state index < -0.39 is 5.97 Å². The normalized spacial score (nSPS) is 14.5. The van der Waals surface area contributed by atoms with Crippen molar-refractivity contribution in [1.29, 1.82) is 0 Å². The number of ether oxygens (including phenoxy) is 2. The van der Waals surface area contributed by atoms with Crippen LogP contribution in [-0.2, 0) is 0 Å². The average molecular weight is 327 g/mol. The minimum Gasteiger partial charge on any atom is -0.488 e. The van der Waals surface area contributed by atoms with Gasteiger partial charge in [-0.15, -0.1) is 0 Å². The molecule has 3 rings (SSSR count). The van der Waals surface area contributed by atoms with Crippen LogP contribution in [0.3, 0.4) is 0 Å². The monoisotopic (exact) mass is 327 g/mol. The summed E-state index contributed by atoms with van der Waals surface area (Å²) in [5.74, 6) is 0.247. The lowest BCUT2D eigenvalue weighted by molar-refractivity contribution is 0.0693. The Labute approximate surface area is 141 Å². The Kier molecular flexibility index (Phi) is 5.33. The molecule has 0 atom stereocenters. The van der Waals surface area contributed by atoms with Crippen molar-refractivity contribution in [3.8, 4) is 17.2 Å². The summed E-state index contributed by atoms with van der Waals surface area (Å²) in [6.45, 7) is 3.55. The number of carboxylic acids is 1. The minimum absolute atomic E-state index is 0.0949. The highest BCUT2D eigenvalue weighted by atomic mass is 16.5. The maximum Gasteiger partial charge on any atom is 0.339 e. The molecule has 0 amide bonds. The number of nitrogens with zero attached hydrogens (tertiary/aromatic N) is 1. The van der Waals surface area contributed by atoms with Crippen LogP contribution in [0.2, 0.25) is 0 Å². The van der Waals surface area contributed by atoms with Crippen molar-refractivity contribution in [3.63, 3.8) is 0 Å². The Morgan fingerprint density at radius 1 is 1.04 bits per heavy atom. The van der Waals surface area contributed by atoms with E-state index in [2.05, 4.69) is 4.90 Å². The third-order valence-electron chi connectivity index (χ3n) is 4.04. The van der Waals surface area contributed by atoms with Crippen molar-refractivity contribution in [2.75, 3.05) is 26.2 Å². The second kappa shape index (κ2) is 7.84. The number of hydrogen-bond donors (Lipinski definition) is 1. The van der Waals surface area contributed by atoms with E-state index in [4.69, 9.17) is 9.47 Å². The fourth-order valence-electron chi connectivity index (χ4n) is 2.80. The maximum absolute atomic E-state index is 11.5. The number of carbonyl (C=O) groups is 1. The maximum atomic E-state index is 11.5. The Morgan fingerprint density at radius 3 is 2.50 bits per heavy atom. The molecule has 0 bridgehead atoms. The summed E-state index contributed by atoms with van der Waals surface area (Å²) in [5.41, 5.74) is 0.0949. The van der Waals surface area contributed by atoms with E-state index in [-0.39, 0.29) is 11.3 Å². The summed E-state index contributed by atoms with van der Waals surface area (Å²) in [6.07, 6.45) is 2.47. The van der Waals surface area contributed by atoms with Crippen LogP contribution >= 0.6 is 0 Å². The summed E-state index contributed by atoms with van der Waals surface area (Å²) in [7, 11) is 0. The van der Waals surface area contributed by atoms with E-state index in [1.54, 1.807) is 24.3 Å². The summed E-state index contributed by atoms with van der Waals surface area (Å²) in [6, 6.07) is 14.1. The summed E-state index contributed by atoms with van der Waals surface area (Å²) < 4.78 is 11.6. The van der Waals surface area contributed by atoms with E-state index in [0.29, 0.717) is 18.1 Å². The molecule has 0 unspecified atom stereocenters. The second-order valence-electron chi connectivity index (χ2n) is 5.75. The predicted molar refractivity (Wildman–Crippen MR) is 91.1 cm³/mol. The highest BCUT2D eigenvalue weighted by molar-refractivity contribution is 5.92. The van der Waals surface area contributed by atoms with Crippen molar-refractivity contribution in [1.82, 2.24) is 4.90 Å². The van der Waals surface area contributed by atoms with Crippen LogP contribution in [0.15, 0.2) is 48.5 Å². The van der Waals surface area contributed by atoms with Crippen molar-refractivity contribution < 1.29 is 19.4 Å². The van der Waals surface area contributed by atoms with Crippen LogP contribution < -0.4 is 9.47 Å². The minimum atomic E-state index is -1.04. The first-order chi connectivity index (χ1) is 11.7. The molecule has 126 valence electrons. The SMILES string of the molecule is O=C(O)c1cccc(OCCN2CCCC2)c1Oc1ccccc1. The van der Waals surface area contributed by atoms with Gasteiger partial charge in [-0.3, -0.25) is 4.90 Å². The molecule has 1 fully saturated rings. The van der Waals surface area contributed by atoms with Crippen LogP contribution in [0.1, 0.15) is 23.2 Å². The highest BCUT2D eigenvalue weighted by Gasteiger charge is 2.18. The first-order valence-electron chi connectivity index (χ1n) is 8.18. The molecule has 0 aliphatic carbocycles. The van der Waals surface area contributed by atoms with Gasteiger partial charge in [0.2, 0.25) is 0 Å². The Morgan fingerprint density at radius 2 is 1.79 bits per heavy atom. The molecule has 2 aromatic carbocycles. The second-order valence-corrected chi connectivity index (χ2v) is 5.75. The number of aromatic carboxylic acids is 1. The van der Waals surface area contributed by atoms with E-state index in [0.717, 1.165) is 19.6 Å². The van der Waals surface area contributed by atoms with Gasteiger partial charge in [0.25, 0.3) is 0 Å². The summed E-state index contributed by atoms with van der Waals surface area (Å²) >= 11 is 0. The van der Waals surface area contributed by atoms with Crippen LogP contribution in [0, 0.1) is 0 Å². The standard InChI is InChI=1S/C19H21NO4/c21-19(22)16-9-6-10-17(23-14-13-20-11-4-5-12-20)18(16)24-15-7-2-1-3-8-15/h1-3,6-10H,4-5,11-14H2,(H,21,22). The van der Waals surface area contributed by atoms with E-state index >= 15 is 0 Å². The molecule has 0 aromatic heterocycles. The quantitative estimate of drug-likeness (QED) is 0.841. The lowest BCUT2D eigenvalue weighted by Gasteiger charge is -2.17. The Hall–Kier alpha value is -2.53. The molecule has 0 saturated carbocycles. The van der Waals surface area contributed by atoms with Gasteiger partial charge in [-0.2, -0.15) is 0 Å². The zero-order valence-electron chi connectivity index (χ0n) is 13.5. The molecule has 24 heavy (non-hydrogen) atoms. The van der Waals surface area contributed by atoms with Crippen molar-refractivity contribution >= 4 is 5.97 Å². The smallest absolute Gasteiger partial charge is 0.339 e. The molecule has 5 nitrogen and oxygen atoms in total. The first-order valence-corrected chi connectivity index (χ1v) is 8.18. The fraction of sp³-hybridized carbons (Fsp3) is 0.316. The molecule has 2 aromatic rings. The Bertz CT molecular complexity index is 681. The number of para-hydroxylation sites is 2. The molecular weight excluding hydrogens is 306 g/mol. The molecule has 0 spiro atoms. The van der Waals surface area contributed by atoms with Crippen LogP contribution in [0.25, 0.3) is 0 Å². The van der Waals surface area contributed by atoms with Gasteiger partial charge in [0.1, 0.15) is 17.9 Å². The molecule has 1 aliphatic heterocycles. The molecule has 1 heterocycles. The third kappa shape index (κ3) is 4.06. The van der Waals surface area contributed by atoms with Gasteiger partial charge in [0, 0.05) is 6.54 Å². The summed E-state index contributed by atoms with van der Waals surface area (Å²) in [4.78, 5) is 13.8. The van der Waals surface area contributed by atoms with Gasteiger partial charge >= 0.3 is 5.97 Å². The topological polar surface area (TPSA) is 59.0 Å². The molecule has 1 N–H and O–H groups in total. The average Bonchev–Trinajstić information content (AvgIpc) is 3.10. The van der Waals surface area contributed by atoms with E-state index in [9.17, 15) is 9.90 Å². The van der Waals surface area contributed by atoms with Gasteiger partial charge in [-0.25, -0.2) is 4.79 Å². The zero-order chi connectivity index (χ0) is 16.8. The summed E-state index contributed by atoms with van der Waals surface area (Å²) in [5, 5.41) is 9.42. The van der Waals surface area contributed by atoms with Crippen molar-refractivity contribution in [2.24, 2.45) is 0 Å². The van der Waals surface area contributed by atoms with Gasteiger partial charge in [0.15, 0.2) is 11.5 Å². The van der Waals surface area contributed by atoms with Crippen LogP contribution in [-0.4, -0.2) is 42.2 Å². The van der Waals surface area contributed by atoms with E-state index in [1.807, 2.05) is 18.2 Å². The zero-order valence-corrected chi connectivity index (χ0v) is 13.5. The van der Waals surface area contributed by atoms with Gasteiger partial charge in [0.05, 0.1) is 0 Å². The van der Waals surface area contributed by atoms with Crippen molar-refractivity contribution in [2.45, 2.75) is 12.8 Å². The van der Waals surface area contributed by atoms with Crippen LogP contribution in [0.4, 0.5) is 0 Å². The molecule has 1 saturated heterocycles. The number of rotatable bonds is 7. The van der Waals surface area contributed by atoms with Gasteiger partial charge in [-0.05, 0) is 50.2 Å². The molecule has 1 aliphatic rings. The fourth-order valence-corrected chi connectivity index (χ4v) is 2.80. The Balaban J connectivity index is 1.76. The lowest BCUT2D eigenvalue weighted by Crippen LogP contribution is -2.25. The predicted octanol–water partition coefficient (Wildman–Crippen LogP) is 3.65. The van der Waals surface area contributed by atoms with Crippen LogP contribution in [0.5, 0.6) is 17.2 Å². The molecule has 0 radical (unpaired) electrons. The third-order valence-corrected chi connectivity index (χ3v) is 4.04. The molecule has 5 heteroatoms. The molecular formula is C19H21NO4. The van der Waals surface area contributed by atoms with Gasteiger partial charge in [-0.1, -0.05) is 24.3 Å². The largest absolute Gasteiger partial charge is 0.488 e. The van der Waals surface area contributed by atoms with Crippen molar-refractivity contribution in [3.05, 3.63) is 54.1 Å². The van der Waals surface area contributed by atoms with E-state index in [1.165, 1.54) is 18.9 Å². The highest BCUT2D eigenvalue weighted by Crippen LogP contribution is 2.35. The number of likely N-dealkylation sites (tertiary alicyclic amines) is 1. The lowest BCUT2D eigenvalue weighted by atomic mass is 10.2.